The Balaban J connectivity index is 0.000000165. The number of H-pyrrole nitrogens is 2. The van der Waals surface area contributed by atoms with E-state index in [1.807, 2.05) is 72.8 Å². The maximum atomic E-state index is 11.1. The molecule has 0 spiro atoms. The highest BCUT2D eigenvalue weighted by molar-refractivity contribution is 7.45. The molecule has 0 saturated carbocycles. The number of phosphoric acid groups is 1. The Morgan fingerprint density at radius 3 is 1.18 bits per heavy atom. The van der Waals surface area contributed by atoms with Gasteiger partial charge < -0.3 is 14.7 Å². The number of aromatic amines is 2. The Morgan fingerprint density at radius 1 is 0.576 bits per heavy atom. The van der Waals surface area contributed by atoms with Crippen LogP contribution in [0, 0.1) is 0 Å². The van der Waals surface area contributed by atoms with Gasteiger partial charge in [0.05, 0.1) is 12.4 Å². The lowest BCUT2D eigenvalue weighted by molar-refractivity contribution is 0.275. The third kappa shape index (κ3) is 9.81. The number of benzene rings is 3. The largest absolute Gasteiger partial charge is 0.466 e. The van der Waals surface area contributed by atoms with Gasteiger partial charge >= 0.3 is 7.82 Å². The molecular formula is C22H21N4O6P. The normalized spacial score (nSPS) is 10.0. The fourth-order valence-corrected chi connectivity index (χ4v) is 2.46. The molecule has 0 aliphatic carbocycles. The van der Waals surface area contributed by atoms with Crippen molar-refractivity contribution in [1.82, 2.24) is 20.4 Å². The molecule has 0 amide bonds. The monoisotopic (exact) mass is 468 g/mol. The van der Waals surface area contributed by atoms with Gasteiger partial charge in [0, 0.05) is 21.5 Å². The van der Waals surface area contributed by atoms with Gasteiger partial charge in [-0.15, -0.1) is 0 Å². The summed E-state index contributed by atoms with van der Waals surface area (Å²) in [5.41, 5.74) is -0.272. The zero-order chi connectivity index (χ0) is 24.1. The van der Waals surface area contributed by atoms with Crippen LogP contribution >= 0.6 is 7.82 Å². The van der Waals surface area contributed by atoms with E-state index in [0.717, 1.165) is 10.8 Å². The van der Waals surface area contributed by atoms with Crippen molar-refractivity contribution in [1.29, 1.82) is 0 Å². The standard InChI is InChI=1S/2C8H6N2O.C6H6.H3O4P/c2*11-8-7-4-2-1-3-6(7)5-9-10-8;1-2-4-6-5-3-1;1-5(2,3)4/h2*1-5H,(H,10,11);1-6H;(H3,1,2,3,4). The van der Waals surface area contributed by atoms with Crippen LogP contribution in [-0.2, 0) is 4.57 Å². The second kappa shape index (κ2) is 12.8. The summed E-state index contributed by atoms with van der Waals surface area (Å²) in [5, 5.41) is 15.2. The summed E-state index contributed by atoms with van der Waals surface area (Å²) < 4.78 is 8.88. The molecule has 3 aromatic carbocycles. The van der Waals surface area contributed by atoms with Gasteiger partial charge in [-0.3, -0.25) is 9.59 Å². The maximum absolute atomic E-state index is 11.1. The Hall–Kier alpha value is -3.95. The molecule has 170 valence electrons. The van der Waals surface area contributed by atoms with Gasteiger partial charge in [-0.2, -0.15) is 10.2 Å². The van der Waals surface area contributed by atoms with Crippen molar-refractivity contribution >= 4 is 29.4 Å². The molecule has 5 N–H and O–H groups in total. The van der Waals surface area contributed by atoms with Crippen LogP contribution in [0.5, 0.6) is 0 Å². The number of hydrogen-bond donors (Lipinski definition) is 5. The maximum Gasteiger partial charge on any atom is 0.466 e. The van der Waals surface area contributed by atoms with Crippen molar-refractivity contribution < 1.29 is 19.2 Å². The van der Waals surface area contributed by atoms with Gasteiger partial charge in [-0.1, -0.05) is 72.8 Å². The van der Waals surface area contributed by atoms with Crippen LogP contribution in [0.2, 0.25) is 0 Å². The molecule has 0 saturated heterocycles. The molecule has 5 rings (SSSR count). The Bertz CT molecular complexity index is 1300. The highest BCUT2D eigenvalue weighted by Crippen LogP contribution is 2.25. The van der Waals surface area contributed by atoms with E-state index in [1.165, 1.54) is 0 Å². The molecule has 2 aromatic heterocycles. The topological polar surface area (TPSA) is 169 Å². The molecule has 0 atom stereocenters. The Kier molecular flexibility index (Phi) is 9.81. The zero-order valence-electron chi connectivity index (χ0n) is 17.1. The molecule has 0 radical (unpaired) electrons. The first-order chi connectivity index (χ1) is 15.8. The molecule has 10 nitrogen and oxygen atoms in total. The minimum atomic E-state index is -4.64. The summed E-state index contributed by atoms with van der Waals surface area (Å²) in [5.74, 6) is 0. The van der Waals surface area contributed by atoms with Crippen molar-refractivity contribution in [3.8, 4) is 0 Å². The van der Waals surface area contributed by atoms with E-state index in [-0.39, 0.29) is 11.1 Å². The minimum absolute atomic E-state index is 0.136. The average Bonchev–Trinajstić information content (AvgIpc) is 2.81. The fraction of sp³-hybridized carbons (Fsp3) is 0. The molecular weight excluding hydrogens is 447 g/mol. The van der Waals surface area contributed by atoms with Gasteiger partial charge in [0.1, 0.15) is 0 Å². The van der Waals surface area contributed by atoms with E-state index in [1.54, 1.807) is 24.5 Å². The van der Waals surface area contributed by atoms with E-state index in [0.29, 0.717) is 10.8 Å². The quantitative estimate of drug-likeness (QED) is 0.216. The molecule has 0 bridgehead atoms. The number of nitrogens with zero attached hydrogens (tertiary/aromatic N) is 2. The van der Waals surface area contributed by atoms with E-state index < -0.39 is 7.82 Å². The van der Waals surface area contributed by atoms with Crippen LogP contribution in [0.3, 0.4) is 0 Å². The molecule has 0 fully saturated rings. The lowest BCUT2D eigenvalue weighted by Gasteiger charge is -1.91. The summed E-state index contributed by atoms with van der Waals surface area (Å²) in [6.07, 6.45) is 3.27. The summed E-state index contributed by atoms with van der Waals surface area (Å²) in [4.78, 5) is 43.7. The van der Waals surface area contributed by atoms with Crippen LogP contribution in [0.15, 0.2) is 107 Å². The average molecular weight is 468 g/mol. The lowest BCUT2D eigenvalue weighted by Crippen LogP contribution is -2.06. The van der Waals surface area contributed by atoms with E-state index >= 15 is 0 Å². The Morgan fingerprint density at radius 2 is 0.879 bits per heavy atom. The molecule has 2 heterocycles. The van der Waals surface area contributed by atoms with Crippen LogP contribution < -0.4 is 11.1 Å². The predicted octanol–water partition coefficient (Wildman–Crippen LogP) is 2.60. The van der Waals surface area contributed by atoms with Crippen molar-refractivity contribution in [3.05, 3.63) is 118 Å². The van der Waals surface area contributed by atoms with Crippen LogP contribution in [-0.4, -0.2) is 35.1 Å². The third-order valence-electron chi connectivity index (χ3n) is 3.82. The van der Waals surface area contributed by atoms with Crippen LogP contribution in [0.4, 0.5) is 0 Å². The molecule has 33 heavy (non-hydrogen) atoms. The second-order valence-corrected chi connectivity index (χ2v) is 7.27. The van der Waals surface area contributed by atoms with E-state index in [9.17, 15) is 9.59 Å². The van der Waals surface area contributed by atoms with Gasteiger partial charge in [0.15, 0.2) is 0 Å². The minimum Gasteiger partial charge on any atom is -0.303 e. The van der Waals surface area contributed by atoms with Crippen molar-refractivity contribution in [2.45, 2.75) is 0 Å². The molecule has 0 aliphatic rings. The summed E-state index contributed by atoms with van der Waals surface area (Å²) >= 11 is 0. The number of aromatic nitrogens is 4. The summed E-state index contributed by atoms with van der Waals surface area (Å²) in [6.45, 7) is 0. The third-order valence-corrected chi connectivity index (χ3v) is 3.82. The van der Waals surface area contributed by atoms with Crippen molar-refractivity contribution in [2.75, 3.05) is 0 Å². The lowest BCUT2D eigenvalue weighted by atomic mass is 10.2. The number of nitrogens with one attached hydrogen (secondary N) is 2. The predicted molar refractivity (Wildman–Crippen MR) is 125 cm³/mol. The van der Waals surface area contributed by atoms with E-state index in [4.69, 9.17) is 19.2 Å². The molecule has 5 aromatic rings. The molecule has 11 heteroatoms. The molecule has 0 aliphatic heterocycles. The van der Waals surface area contributed by atoms with Gasteiger partial charge in [-0.25, -0.2) is 14.8 Å². The van der Waals surface area contributed by atoms with Gasteiger partial charge in [-0.05, 0) is 12.1 Å². The number of rotatable bonds is 0. The van der Waals surface area contributed by atoms with Crippen molar-refractivity contribution in [3.63, 3.8) is 0 Å². The number of hydrogen-bond acceptors (Lipinski definition) is 5. The van der Waals surface area contributed by atoms with Crippen LogP contribution in [0.1, 0.15) is 0 Å². The van der Waals surface area contributed by atoms with Gasteiger partial charge in [0.25, 0.3) is 11.1 Å². The van der Waals surface area contributed by atoms with Crippen molar-refractivity contribution in [2.24, 2.45) is 0 Å². The highest BCUT2D eigenvalue weighted by Gasteiger charge is 2.00. The zero-order valence-corrected chi connectivity index (χ0v) is 18.0. The second-order valence-electron chi connectivity index (χ2n) is 6.24. The SMILES string of the molecule is O=P(O)(O)O.O=c1[nH]ncc2ccccc12.O=c1[nH]ncc2ccccc12.c1ccccc1. The Labute approximate surface area is 187 Å². The summed E-state index contributed by atoms with van der Waals surface area (Å²) in [7, 11) is -4.64. The van der Waals surface area contributed by atoms with E-state index in [2.05, 4.69) is 20.4 Å². The first-order valence-electron chi connectivity index (χ1n) is 9.39. The first-order valence-corrected chi connectivity index (χ1v) is 11.0. The summed E-state index contributed by atoms with van der Waals surface area (Å²) in [6, 6.07) is 26.7. The first kappa shape index (κ1) is 25.3. The van der Waals surface area contributed by atoms with Crippen LogP contribution in [0.25, 0.3) is 21.5 Å². The number of fused-ring (bicyclic) bond motifs is 2. The van der Waals surface area contributed by atoms with Gasteiger partial charge in [0.2, 0.25) is 0 Å². The fourth-order valence-electron chi connectivity index (χ4n) is 2.46. The molecule has 0 unspecified atom stereocenters. The smallest absolute Gasteiger partial charge is 0.303 e. The highest BCUT2D eigenvalue weighted by atomic mass is 31.2.